The summed E-state index contributed by atoms with van der Waals surface area (Å²) < 4.78 is 7.48. The van der Waals surface area contributed by atoms with E-state index in [1.54, 1.807) is 10.9 Å². The van der Waals surface area contributed by atoms with Gasteiger partial charge >= 0.3 is 0 Å². The van der Waals surface area contributed by atoms with Gasteiger partial charge < -0.3 is 9.84 Å². The number of rotatable bonds is 7. The summed E-state index contributed by atoms with van der Waals surface area (Å²) in [4.78, 5) is 0. The van der Waals surface area contributed by atoms with Gasteiger partial charge in [0.2, 0.25) is 0 Å². The molecule has 0 saturated heterocycles. The molecular weight excluding hydrogens is 266 g/mol. The van der Waals surface area contributed by atoms with Gasteiger partial charge in [-0.1, -0.05) is 18.2 Å². The van der Waals surface area contributed by atoms with Crippen molar-refractivity contribution in [3.05, 3.63) is 41.2 Å². The van der Waals surface area contributed by atoms with Gasteiger partial charge in [0.15, 0.2) is 0 Å². The van der Waals surface area contributed by atoms with Crippen molar-refractivity contribution in [3.8, 4) is 5.75 Å². The highest BCUT2D eigenvalue weighted by Gasteiger charge is 2.09. The number of aliphatic hydroxyl groups is 1. The largest absolute Gasteiger partial charge is 0.494 e. The molecule has 0 fully saturated rings. The van der Waals surface area contributed by atoms with Crippen molar-refractivity contribution in [3.63, 3.8) is 0 Å². The van der Waals surface area contributed by atoms with Crippen molar-refractivity contribution in [1.82, 2.24) is 15.0 Å². The first kappa shape index (κ1) is 15.5. The molecule has 114 valence electrons. The predicted molar refractivity (Wildman–Crippen MR) is 81.3 cm³/mol. The van der Waals surface area contributed by atoms with E-state index in [9.17, 15) is 5.11 Å². The van der Waals surface area contributed by atoms with Gasteiger partial charge in [0.05, 0.1) is 18.9 Å². The number of hydrogen-bond donors (Lipinski definition) is 1. The van der Waals surface area contributed by atoms with Crippen LogP contribution in [0.25, 0.3) is 0 Å². The van der Waals surface area contributed by atoms with Gasteiger partial charge in [-0.25, -0.2) is 0 Å². The molecule has 0 spiro atoms. The summed E-state index contributed by atoms with van der Waals surface area (Å²) in [5, 5.41) is 17.6. The maximum atomic E-state index is 9.67. The molecule has 0 bridgehead atoms. The second-order valence-electron chi connectivity index (χ2n) is 5.28. The Bertz CT molecular complexity index is 581. The van der Waals surface area contributed by atoms with Gasteiger partial charge in [-0.15, -0.1) is 5.10 Å². The van der Waals surface area contributed by atoms with E-state index in [2.05, 4.69) is 36.3 Å². The average molecular weight is 289 g/mol. The van der Waals surface area contributed by atoms with Crippen LogP contribution in [0.1, 0.15) is 42.7 Å². The molecule has 0 aliphatic carbocycles. The third-order valence-electron chi connectivity index (χ3n) is 3.56. The van der Waals surface area contributed by atoms with Gasteiger partial charge in [0.1, 0.15) is 11.4 Å². The lowest BCUT2D eigenvalue weighted by molar-refractivity contribution is 0.168. The van der Waals surface area contributed by atoms with Crippen LogP contribution in [0.15, 0.2) is 24.4 Å². The quantitative estimate of drug-likeness (QED) is 0.796. The maximum Gasteiger partial charge on any atom is 0.119 e. The Morgan fingerprint density at radius 1 is 1.29 bits per heavy atom. The number of aryl methyl sites for hydroxylation is 3. The third kappa shape index (κ3) is 4.29. The first-order valence-electron chi connectivity index (χ1n) is 7.38. The SMILES string of the molecule is CCC(O)c1cn(CCCOc2ccc(C)c(C)c2)nn1. The van der Waals surface area contributed by atoms with Crippen LogP contribution in [-0.2, 0) is 6.54 Å². The van der Waals surface area contributed by atoms with E-state index in [1.807, 2.05) is 13.0 Å². The van der Waals surface area contributed by atoms with Crippen LogP contribution in [0.2, 0.25) is 0 Å². The van der Waals surface area contributed by atoms with Crippen molar-refractivity contribution < 1.29 is 9.84 Å². The van der Waals surface area contributed by atoms with E-state index in [0.29, 0.717) is 18.7 Å². The molecule has 2 rings (SSSR count). The summed E-state index contributed by atoms with van der Waals surface area (Å²) in [7, 11) is 0. The van der Waals surface area contributed by atoms with Crippen LogP contribution in [-0.4, -0.2) is 26.7 Å². The molecular formula is C16H23N3O2. The van der Waals surface area contributed by atoms with Crippen LogP contribution >= 0.6 is 0 Å². The summed E-state index contributed by atoms with van der Waals surface area (Å²) in [5.74, 6) is 0.902. The van der Waals surface area contributed by atoms with Crippen molar-refractivity contribution in [1.29, 1.82) is 0 Å². The molecule has 0 saturated carbocycles. The molecule has 1 unspecified atom stereocenters. The van der Waals surface area contributed by atoms with Crippen molar-refractivity contribution >= 4 is 0 Å². The van der Waals surface area contributed by atoms with Gasteiger partial charge in [-0.2, -0.15) is 0 Å². The van der Waals surface area contributed by atoms with Gasteiger partial charge in [-0.3, -0.25) is 4.68 Å². The number of hydrogen-bond acceptors (Lipinski definition) is 4. The van der Waals surface area contributed by atoms with Crippen molar-refractivity contribution in [2.75, 3.05) is 6.61 Å². The van der Waals surface area contributed by atoms with E-state index in [0.717, 1.165) is 18.7 Å². The lowest BCUT2D eigenvalue weighted by Gasteiger charge is -2.08. The number of ether oxygens (including phenoxy) is 1. The Morgan fingerprint density at radius 3 is 2.81 bits per heavy atom. The first-order valence-corrected chi connectivity index (χ1v) is 7.38. The number of aromatic nitrogens is 3. The van der Waals surface area contributed by atoms with E-state index in [4.69, 9.17) is 4.74 Å². The smallest absolute Gasteiger partial charge is 0.119 e. The average Bonchev–Trinajstić information content (AvgIpc) is 2.95. The number of nitrogens with zero attached hydrogens (tertiary/aromatic N) is 3. The molecule has 2 aromatic rings. The normalized spacial score (nSPS) is 12.4. The molecule has 1 aromatic heterocycles. The molecule has 1 heterocycles. The molecule has 5 nitrogen and oxygen atoms in total. The lowest BCUT2D eigenvalue weighted by atomic mass is 10.1. The standard InChI is InChI=1S/C16H23N3O2/c1-4-16(20)15-11-19(18-17-15)8-5-9-21-14-7-6-12(2)13(3)10-14/h6-7,10-11,16,20H,4-5,8-9H2,1-3H3. The highest BCUT2D eigenvalue weighted by Crippen LogP contribution is 2.16. The van der Waals surface area contributed by atoms with E-state index in [-0.39, 0.29) is 0 Å². The topological polar surface area (TPSA) is 60.2 Å². The summed E-state index contributed by atoms with van der Waals surface area (Å²) in [6, 6.07) is 6.12. The molecule has 0 aliphatic rings. The fraction of sp³-hybridized carbons (Fsp3) is 0.500. The van der Waals surface area contributed by atoms with Gasteiger partial charge in [0.25, 0.3) is 0 Å². The van der Waals surface area contributed by atoms with E-state index < -0.39 is 6.10 Å². The minimum Gasteiger partial charge on any atom is -0.494 e. The Morgan fingerprint density at radius 2 is 2.10 bits per heavy atom. The monoisotopic (exact) mass is 289 g/mol. The van der Waals surface area contributed by atoms with Crippen LogP contribution in [0.4, 0.5) is 0 Å². The lowest BCUT2D eigenvalue weighted by Crippen LogP contribution is -2.05. The van der Waals surface area contributed by atoms with Crippen molar-refractivity contribution in [2.24, 2.45) is 0 Å². The number of aliphatic hydroxyl groups excluding tert-OH is 1. The molecule has 1 N–H and O–H groups in total. The fourth-order valence-electron chi connectivity index (χ4n) is 2.00. The zero-order valence-corrected chi connectivity index (χ0v) is 12.9. The molecule has 5 heteroatoms. The van der Waals surface area contributed by atoms with E-state index >= 15 is 0 Å². The Hall–Kier alpha value is -1.88. The summed E-state index contributed by atoms with van der Waals surface area (Å²) in [6.07, 6.45) is 2.77. The van der Waals surface area contributed by atoms with Crippen LogP contribution < -0.4 is 4.74 Å². The first-order chi connectivity index (χ1) is 10.1. The highest BCUT2D eigenvalue weighted by molar-refractivity contribution is 5.33. The minimum absolute atomic E-state index is 0.523. The predicted octanol–water partition coefficient (Wildman–Crippen LogP) is 2.81. The fourth-order valence-corrected chi connectivity index (χ4v) is 2.00. The minimum atomic E-state index is -0.523. The molecule has 0 radical (unpaired) electrons. The third-order valence-corrected chi connectivity index (χ3v) is 3.56. The highest BCUT2D eigenvalue weighted by atomic mass is 16.5. The molecule has 0 aliphatic heterocycles. The number of benzene rings is 1. The van der Waals surface area contributed by atoms with Crippen LogP contribution in [0.3, 0.4) is 0 Å². The Balaban J connectivity index is 1.76. The Kier molecular flexibility index (Phi) is 5.33. The zero-order valence-electron chi connectivity index (χ0n) is 12.9. The zero-order chi connectivity index (χ0) is 15.2. The summed E-state index contributed by atoms with van der Waals surface area (Å²) in [6.45, 7) is 7.45. The van der Waals surface area contributed by atoms with Crippen LogP contribution in [0.5, 0.6) is 5.75 Å². The van der Waals surface area contributed by atoms with Crippen molar-refractivity contribution in [2.45, 2.75) is 46.3 Å². The molecule has 21 heavy (non-hydrogen) atoms. The molecule has 1 aromatic carbocycles. The van der Waals surface area contributed by atoms with Gasteiger partial charge in [-0.05, 0) is 43.5 Å². The molecule has 1 atom stereocenters. The summed E-state index contributed by atoms with van der Waals surface area (Å²) >= 11 is 0. The second kappa shape index (κ2) is 7.22. The van der Waals surface area contributed by atoms with Gasteiger partial charge in [0, 0.05) is 13.0 Å². The maximum absolute atomic E-state index is 9.67. The second-order valence-corrected chi connectivity index (χ2v) is 5.28. The Labute approximate surface area is 125 Å². The van der Waals surface area contributed by atoms with E-state index in [1.165, 1.54) is 11.1 Å². The summed E-state index contributed by atoms with van der Waals surface area (Å²) in [5.41, 5.74) is 3.14. The molecule has 0 amide bonds. The van der Waals surface area contributed by atoms with Crippen LogP contribution in [0, 0.1) is 13.8 Å².